The van der Waals surface area contributed by atoms with Crippen molar-refractivity contribution in [2.24, 2.45) is 0 Å². The normalized spacial score (nSPS) is 17.4. The number of aromatic amines is 1. The van der Waals surface area contributed by atoms with Crippen molar-refractivity contribution in [2.45, 2.75) is 19.3 Å². The molecule has 3 rings (SSSR count). The SMILES string of the molecule is Cc1c(N)nc(C2Cc3ccccc32)[nH]c1=O. The van der Waals surface area contributed by atoms with Crippen LogP contribution < -0.4 is 11.3 Å². The van der Waals surface area contributed by atoms with Gasteiger partial charge >= 0.3 is 0 Å². The Hall–Kier alpha value is -2.10. The lowest BCUT2D eigenvalue weighted by atomic mass is 9.77. The standard InChI is InChI=1S/C13H13N3O/c1-7-11(14)15-12(16-13(7)17)10-6-8-4-2-3-5-9(8)10/h2-5,10H,6H2,1H3,(H3,14,15,16,17). The second-order valence-electron chi connectivity index (χ2n) is 4.42. The maximum absolute atomic E-state index is 11.6. The number of nitrogen functional groups attached to an aromatic ring is 1. The highest BCUT2D eigenvalue weighted by atomic mass is 16.1. The highest BCUT2D eigenvalue weighted by molar-refractivity contribution is 5.46. The molecule has 1 heterocycles. The van der Waals surface area contributed by atoms with Crippen LogP contribution in [0.25, 0.3) is 0 Å². The lowest BCUT2D eigenvalue weighted by Crippen LogP contribution is -2.25. The predicted octanol–water partition coefficient (Wildman–Crippen LogP) is 1.35. The van der Waals surface area contributed by atoms with E-state index in [1.54, 1.807) is 6.92 Å². The van der Waals surface area contributed by atoms with Gasteiger partial charge in [0.2, 0.25) is 0 Å². The number of benzene rings is 1. The summed E-state index contributed by atoms with van der Waals surface area (Å²) in [5.74, 6) is 1.19. The van der Waals surface area contributed by atoms with Gasteiger partial charge in [-0.2, -0.15) is 0 Å². The van der Waals surface area contributed by atoms with Crippen LogP contribution in [0.3, 0.4) is 0 Å². The van der Waals surface area contributed by atoms with E-state index >= 15 is 0 Å². The molecule has 1 atom stereocenters. The molecule has 4 nitrogen and oxygen atoms in total. The second kappa shape index (κ2) is 3.45. The van der Waals surface area contributed by atoms with Crippen LogP contribution in [0.4, 0.5) is 5.82 Å². The summed E-state index contributed by atoms with van der Waals surface area (Å²) < 4.78 is 0. The first-order chi connectivity index (χ1) is 8.16. The summed E-state index contributed by atoms with van der Waals surface area (Å²) in [7, 11) is 0. The van der Waals surface area contributed by atoms with Gasteiger partial charge in [-0.1, -0.05) is 24.3 Å². The lowest BCUT2D eigenvalue weighted by Gasteiger charge is -2.29. The van der Waals surface area contributed by atoms with Gasteiger partial charge in [0.15, 0.2) is 0 Å². The number of anilines is 1. The number of aromatic nitrogens is 2. The zero-order chi connectivity index (χ0) is 12.0. The maximum Gasteiger partial charge on any atom is 0.255 e. The van der Waals surface area contributed by atoms with Crippen LogP contribution in [0.1, 0.15) is 28.4 Å². The first-order valence-electron chi connectivity index (χ1n) is 5.61. The van der Waals surface area contributed by atoms with E-state index in [0.717, 1.165) is 6.42 Å². The summed E-state index contributed by atoms with van der Waals surface area (Å²) in [6.07, 6.45) is 0.918. The van der Waals surface area contributed by atoms with Gasteiger partial charge < -0.3 is 10.7 Å². The maximum atomic E-state index is 11.6. The highest BCUT2D eigenvalue weighted by Gasteiger charge is 2.29. The summed E-state index contributed by atoms with van der Waals surface area (Å²) in [5, 5.41) is 0. The van der Waals surface area contributed by atoms with Crippen molar-refractivity contribution in [2.75, 3.05) is 5.73 Å². The number of fused-ring (bicyclic) bond motifs is 1. The van der Waals surface area contributed by atoms with Crippen LogP contribution in [0.15, 0.2) is 29.1 Å². The van der Waals surface area contributed by atoms with Crippen LogP contribution >= 0.6 is 0 Å². The summed E-state index contributed by atoms with van der Waals surface area (Å²) in [6.45, 7) is 1.68. The van der Waals surface area contributed by atoms with E-state index in [2.05, 4.69) is 22.1 Å². The first-order valence-corrected chi connectivity index (χ1v) is 5.61. The van der Waals surface area contributed by atoms with E-state index in [0.29, 0.717) is 17.2 Å². The van der Waals surface area contributed by atoms with Crippen LogP contribution in [0.2, 0.25) is 0 Å². The molecule has 0 saturated carbocycles. The Morgan fingerprint density at radius 1 is 1.41 bits per heavy atom. The number of nitrogens with two attached hydrogens (primary N) is 1. The molecule has 0 aliphatic heterocycles. The number of rotatable bonds is 1. The zero-order valence-electron chi connectivity index (χ0n) is 9.53. The third-order valence-corrected chi connectivity index (χ3v) is 3.39. The van der Waals surface area contributed by atoms with Crippen molar-refractivity contribution in [3.8, 4) is 0 Å². The van der Waals surface area contributed by atoms with E-state index in [1.807, 2.05) is 12.1 Å². The Labute approximate surface area is 98.5 Å². The van der Waals surface area contributed by atoms with Crippen LogP contribution in [-0.2, 0) is 6.42 Å². The average molecular weight is 227 g/mol. The van der Waals surface area contributed by atoms with Crippen molar-refractivity contribution in [3.63, 3.8) is 0 Å². The Morgan fingerprint density at radius 3 is 2.88 bits per heavy atom. The number of nitrogens with zero attached hydrogens (tertiary/aromatic N) is 1. The molecule has 1 unspecified atom stereocenters. The minimum Gasteiger partial charge on any atom is -0.383 e. The van der Waals surface area contributed by atoms with Crippen LogP contribution in [0.5, 0.6) is 0 Å². The van der Waals surface area contributed by atoms with Crippen molar-refractivity contribution in [1.29, 1.82) is 0 Å². The monoisotopic (exact) mass is 227 g/mol. The summed E-state index contributed by atoms with van der Waals surface area (Å²) in [4.78, 5) is 18.7. The molecule has 0 bridgehead atoms. The minimum absolute atomic E-state index is 0.142. The van der Waals surface area contributed by atoms with Crippen molar-refractivity contribution < 1.29 is 0 Å². The summed E-state index contributed by atoms with van der Waals surface area (Å²) in [5.41, 5.74) is 8.63. The number of hydrogen-bond acceptors (Lipinski definition) is 3. The third-order valence-electron chi connectivity index (χ3n) is 3.39. The second-order valence-corrected chi connectivity index (χ2v) is 4.42. The topological polar surface area (TPSA) is 71.8 Å². The molecule has 2 aromatic rings. The number of nitrogens with one attached hydrogen (secondary N) is 1. The Kier molecular flexibility index (Phi) is 2.04. The summed E-state index contributed by atoms with van der Waals surface area (Å²) in [6, 6.07) is 8.19. The number of hydrogen-bond donors (Lipinski definition) is 2. The van der Waals surface area contributed by atoms with Gasteiger partial charge in [-0.3, -0.25) is 4.79 Å². The molecule has 86 valence electrons. The van der Waals surface area contributed by atoms with E-state index in [4.69, 9.17) is 5.73 Å². The Bertz CT molecular complexity index is 645. The Balaban J connectivity index is 2.07. The molecule has 0 fully saturated rings. The largest absolute Gasteiger partial charge is 0.383 e. The Morgan fingerprint density at radius 2 is 2.18 bits per heavy atom. The van der Waals surface area contributed by atoms with Crippen molar-refractivity contribution in [3.05, 3.63) is 57.1 Å². The quantitative estimate of drug-likeness (QED) is 0.772. The van der Waals surface area contributed by atoms with Gasteiger partial charge in [-0.25, -0.2) is 4.98 Å². The molecule has 0 amide bonds. The molecule has 1 aliphatic rings. The molecule has 1 aliphatic carbocycles. The molecule has 17 heavy (non-hydrogen) atoms. The fourth-order valence-electron chi connectivity index (χ4n) is 2.24. The van der Waals surface area contributed by atoms with E-state index in [9.17, 15) is 4.79 Å². The fourth-order valence-corrected chi connectivity index (χ4v) is 2.24. The molecular weight excluding hydrogens is 214 g/mol. The van der Waals surface area contributed by atoms with Crippen molar-refractivity contribution >= 4 is 5.82 Å². The molecule has 1 aromatic carbocycles. The minimum atomic E-state index is -0.142. The van der Waals surface area contributed by atoms with Gasteiger partial charge in [0.05, 0.1) is 5.56 Å². The summed E-state index contributed by atoms with van der Waals surface area (Å²) >= 11 is 0. The fraction of sp³-hybridized carbons (Fsp3) is 0.231. The van der Waals surface area contributed by atoms with E-state index in [-0.39, 0.29) is 11.5 Å². The third kappa shape index (κ3) is 1.45. The zero-order valence-corrected chi connectivity index (χ0v) is 9.53. The van der Waals surface area contributed by atoms with Gasteiger partial charge in [0.25, 0.3) is 5.56 Å². The van der Waals surface area contributed by atoms with Gasteiger partial charge in [-0.15, -0.1) is 0 Å². The lowest BCUT2D eigenvalue weighted by molar-refractivity contribution is 0.656. The molecular formula is C13H13N3O. The first kappa shape index (κ1) is 10.1. The predicted molar refractivity (Wildman–Crippen MR) is 66.0 cm³/mol. The molecule has 1 aromatic heterocycles. The van der Waals surface area contributed by atoms with Crippen LogP contribution in [-0.4, -0.2) is 9.97 Å². The van der Waals surface area contributed by atoms with Gasteiger partial charge in [0, 0.05) is 5.92 Å². The molecule has 0 spiro atoms. The van der Waals surface area contributed by atoms with Crippen LogP contribution in [0, 0.1) is 6.92 Å². The van der Waals surface area contributed by atoms with Gasteiger partial charge in [-0.05, 0) is 24.5 Å². The smallest absolute Gasteiger partial charge is 0.255 e. The van der Waals surface area contributed by atoms with Gasteiger partial charge in [0.1, 0.15) is 11.6 Å². The molecule has 0 saturated heterocycles. The highest BCUT2D eigenvalue weighted by Crippen LogP contribution is 2.38. The molecule has 0 radical (unpaired) electrons. The molecule has 3 N–H and O–H groups in total. The molecule has 4 heteroatoms. The number of H-pyrrole nitrogens is 1. The average Bonchev–Trinajstić information content (AvgIpc) is 2.27. The van der Waals surface area contributed by atoms with Crippen molar-refractivity contribution in [1.82, 2.24) is 9.97 Å². The van der Waals surface area contributed by atoms with E-state index in [1.165, 1.54) is 11.1 Å². The van der Waals surface area contributed by atoms with E-state index < -0.39 is 0 Å².